The fourth-order valence-electron chi connectivity index (χ4n) is 3.81. The molecule has 0 bridgehead atoms. The standard InChI is InChI=1S/C25H34N2O2/c1-4-24(29-23-13-12-19(2)20(3)16-23)25(28)26-17-21-10-6-7-11-22(21)18-27-14-8-5-9-15-27/h6-7,10-13,16,24H,4-5,8-9,14-15,17-18H2,1-3H3,(H,26,28)/t24-/m0/s1. The van der Waals surface area contributed by atoms with Crippen LogP contribution in [0.5, 0.6) is 5.75 Å². The predicted octanol–water partition coefficient (Wildman–Crippen LogP) is 4.76. The lowest BCUT2D eigenvalue weighted by Gasteiger charge is -2.27. The van der Waals surface area contributed by atoms with Gasteiger partial charge in [0.2, 0.25) is 0 Å². The van der Waals surface area contributed by atoms with E-state index >= 15 is 0 Å². The number of benzene rings is 2. The molecule has 4 heteroatoms. The van der Waals surface area contributed by atoms with Gasteiger partial charge in [-0.2, -0.15) is 0 Å². The SMILES string of the molecule is CC[C@H](Oc1ccc(C)c(C)c1)C(=O)NCc1ccccc1CN1CCCCC1. The number of ether oxygens (including phenoxy) is 1. The van der Waals surface area contributed by atoms with E-state index in [0.29, 0.717) is 13.0 Å². The lowest BCUT2D eigenvalue weighted by atomic mass is 10.0. The van der Waals surface area contributed by atoms with Gasteiger partial charge in [-0.05, 0) is 80.6 Å². The number of amides is 1. The van der Waals surface area contributed by atoms with Gasteiger partial charge in [0.15, 0.2) is 6.10 Å². The molecule has 4 nitrogen and oxygen atoms in total. The second-order valence-electron chi connectivity index (χ2n) is 8.08. The van der Waals surface area contributed by atoms with Gasteiger partial charge in [0.05, 0.1) is 0 Å². The fourth-order valence-corrected chi connectivity index (χ4v) is 3.81. The summed E-state index contributed by atoms with van der Waals surface area (Å²) in [6, 6.07) is 14.4. The molecule has 1 fully saturated rings. The predicted molar refractivity (Wildman–Crippen MR) is 118 cm³/mol. The van der Waals surface area contributed by atoms with Crippen LogP contribution in [0.15, 0.2) is 42.5 Å². The highest BCUT2D eigenvalue weighted by atomic mass is 16.5. The third kappa shape index (κ3) is 6.07. The minimum absolute atomic E-state index is 0.0569. The van der Waals surface area contributed by atoms with Crippen LogP contribution in [-0.4, -0.2) is 30.0 Å². The lowest BCUT2D eigenvalue weighted by molar-refractivity contribution is -0.128. The number of carbonyl (C=O) groups excluding carboxylic acids is 1. The first kappa shape index (κ1) is 21.4. The molecule has 1 N–H and O–H groups in total. The molecule has 0 aromatic heterocycles. The highest BCUT2D eigenvalue weighted by Gasteiger charge is 2.19. The van der Waals surface area contributed by atoms with Gasteiger partial charge < -0.3 is 10.1 Å². The topological polar surface area (TPSA) is 41.6 Å². The third-order valence-electron chi connectivity index (χ3n) is 5.83. The molecule has 1 heterocycles. The van der Waals surface area contributed by atoms with Crippen molar-refractivity contribution in [3.05, 3.63) is 64.7 Å². The lowest BCUT2D eigenvalue weighted by Crippen LogP contribution is -2.38. The summed E-state index contributed by atoms with van der Waals surface area (Å²) in [5.41, 5.74) is 4.88. The van der Waals surface area contributed by atoms with E-state index in [9.17, 15) is 4.79 Å². The van der Waals surface area contributed by atoms with E-state index in [2.05, 4.69) is 42.3 Å². The Hall–Kier alpha value is -2.33. The maximum atomic E-state index is 12.8. The van der Waals surface area contributed by atoms with Crippen LogP contribution in [0.4, 0.5) is 0 Å². The summed E-state index contributed by atoms with van der Waals surface area (Å²) in [7, 11) is 0. The summed E-state index contributed by atoms with van der Waals surface area (Å²) in [6.07, 6.45) is 4.06. The van der Waals surface area contributed by atoms with Gasteiger partial charge in [0.25, 0.3) is 5.91 Å². The minimum Gasteiger partial charge on any atom is -0.481 e. The Morgan fingerprint density at radius 1 is 1.03 bits per heavy atom. The molecule has 2 aromatic rings. The molecule has 1 aliphatic rings. The number of hydrogen-bond donors (Lipinski definition) is 1. The summed E-state index contributed by atoms with van der Waals surface area (Å²) in [5, 5.41) is 3.09. The normalized spacial score (nSPS) is 15.7. The van der Waals surface area contributed by atoms with E-state index in [0.717, 1.165) is 12.3 Å². The van der Waals surface area contributed by atoms with Crippen molar-refractivity contribution in [1.29, 1.82) is 0 Å². The van der Waals surface area contributed by atoms with E-state index in [-0.39, 0.29) is 5.91 Å². The van der Waals surface area contributed by atoms with Crippen LogP contribution in [0.25, 0.3) is 0 Å². The van der Waals surface area contributed by atoms with E-state index in [1.165, 1.54) is 54.6 Å². The molecule has 1 amide bonds. The Morgan fingerprint density at radius 3 is 2.45 bits per heavy atom. The van der Waals surface area contributed by atoms with Crippen LogP contribution in [0.3, 0.4) is 0 Å². The number of likely N-dealkylation sites (tertiary alicyclic amines) is 1. The molecular weight excluding hydrogens is 360 g/mol. The smallest absolute Gasteiger partial charge is 0.261 e. The van der Waals surface area contributed by atoms with Crippen molar-refractivity contribution in [2.24, 2.45) is 0 Å². The highest BCUT2D eigenvalue weighted by Crippen LogP contribution is 2.19. The zero-order chi connectivity index (χ0) is 20.6. The molecule has 2 aromatic carbocycles. The summed E-state index contributed by atoms with van der Waals surface area (Å²) in [5.74, 6) is 0.694. The van der Waals surface area contributed by atoms with Crippen LogP contribution in [0, 0.1) is 13.8 Å². The fraction of sp³-hybridized carbons (Fsp3) is 0.480. The van der Waals surface area contributed by atoms with Crippen molar-refractivity contribution >= 4 is 5.91 Å². The van der Waals surface area contributed by atoms with E-state index in [1.807, 2.05) is 31.2 Å². The number of rotatable bonds is 8. The first-order valence-corrected chi connectivity index (χ1v) is 10.9. The van der Waals surface area contributed by atoms with Gasteiger partial charge in [-0.3, -0.25) is 9.69 Å². The van der Waals surface area contributed by atoms with Crippen molar-refractivity contribution in [2.45, 2.75) is 65.6 Å². The summed E-state index contributed by atoms with van der Waals surface area (Å²) < 4.78 is 5.98. The number of piperidine rings is 1. The molecule has 3 rings (SSSR count). The molecule has 1 aliphatic heterocycles. The number of nitrogens with one attached hydrogen (secondary N) is 1. The van der Waals surface area contributed by atoms with Gasteiger partial charge in [0, 0.05) is 13.1 Å². The number of carbonyl (C=O) groups is 1. The molecule has 0 aliphatic carbocycles. The van der Waals surface area contributed by atoms with Crippen LogP contribution in [-0.2, 0) is 17.9 Å². The molecule has 1 saturated heterocycles. The molecule has 1 atom stereocenters. The van der Waals surface area contributed by atoms with Gasteiger partial charge in [0.1, 0.15) is 5.75 Å². The quantitative estimate of drug-likeness (QED) is 0.702. The third-order valence-corrected chi connectivity index (χ3v) is 5.83. The Morgan fingerprint density at radius 2 is 1.76 bits per heavy atom. The van der Waals surface area contributed by atoms with Gasteiger partial charge >= 0.3 is 0 Å². The molecule has 0 spiro atoms. The van der Waals surface area contributed by atoms with Crippen molar-refractivity contribution < 1.29 is 9.53 Å². The Balaban J connectivity index is 1.59. The average molecular weight is 395 g/mol. The van der Waals surface area contributed by atoms with E-state index in [1.54, 1.807) is 0 Å². The van der Waals surface area contributed by atoms with Gasteiger partial charge in [-0.25, -0.2) is 0 Å². The Labute approximate surface area is 175 Å². The van der Waals surface area contributed by atoms with E-state index < -0.39 is 6.10 Å². The Bertz CT molecular complexity index is 812. The largest absolute Gasteiger partial charge is 0.481 e. The van der Waals surface area contributed by atoms with Crippen molar-refractivity contribution in [3.8, 4) is 5.75 Å². The molecule has 156 valence electrons. The van der Waals surface area contributed by atoms with Crippen molar-refractivity contribution in [2.75, 3.05) is 13.1 Å². The van der Waals surface area contributed by atoms with Crippen LogP contribution in [0.2, 0.25) is 0 Å². The maximum absolute atomic E-state index is 12.8. The second kappa shape index (κ2) is 10.4. The summed E-state index contributed by atoms with van der Waals surface area (Å²) in [4.78, 5) is 15.3. The molecule has 0 radical (unpaired) electrons. The second-order valence-corrected chi connectivity index (χ2v) is 8.08. The first-order chi connectivity index (χ1) is 14.1. The first-order valence-electron chi connectivity index (χ1n) is 10.9. The van der Waals surface area contributed by atoms with Crippen LogP contribution < -0.4 is 10.1 Å². The number of nitrogens with zero attached hydrogens (tertiary/aromatic N) is 1. The average Bonchev–Trinajstić information content (AvgIpc) is 2.74. The number of aryl methyl sites for hydroxylation is 2. The minimum atomic E-state index is -0.480. The molecular formula is C25H34N2O2. The maximum Gasteiger partial charge on any atom is 0.261 e. The van der Waals surface area contributed by atoms with Crippen molar-refractivity contribution in [3.63, 3.8) is 0 Å². The highest BCUT2D eigenvalue weighted by molar-refractivity contribution is 5.81. The van der Waals surface area contributed by atoms with Crippen molar-refractivity contribution in [1.82, 2.24) is 10.2 Å². The van der Waals surface area contributed by atoms with Gasteiger partial charge in [-0.1, -0.05) is 43.7 Å². The zero-order valence-corrected chi connectivity index (χ0v) is 18.0. The summed E-state index contributed by atoms with van der Waals surface area (Å²) >= 11 is 0. The Kier molecular flexibility index (Phi) is 7.70. The van der Waals surface area contributed by atoms with Crippen LogP contribution >= 0.6 is 0 Å². The van der Waals surface area contributed by atoms with E-state index in [4.69, 9.17) is 4.74 Å². The summed E-state index contributed by atoms with van der Waals surface area (Å²) in [6.45, 7) is 9.95. The molecule has 0 unspecified atom stereocenters. The van der Waals surface area contributed by atoms with Crippen LogP contribution in [0.1, 0.15) is 54.9 Å². The van der Waals surface area contributed by atoms with Gasteiger partial charge in [-0.15, -0.1) is 0 Å². The number of hydrogen-bond acceptors (Lipinski definition) is 3. The monoisotopic (exact) mass is 394 g/mol. The molecule has 0 saturated carbocycles. The molecule has 29 heavy (non-hydrogen) atoms. The zero-order valence-electron chi connectivity index (χ0n) is 18.0.